The van der Waals surface area contributed by atoms with Gasteiger partial charge >= 0.3 is 0 Å². The van der Waals surface area contributed by atoms with Gasteiger partial charge < -0.3 is 24.3 Å². The maximum atomic E-state index is 5.48. The molecule has 1 aromatic rings. The summed E-state index contributed by atoms with van der Waals surface area (Å²) in [5, 5.41) is 3.32. The highest BCUT2D eigenvalue weighted by Gasteiger charge is 2.12. The molecule has 114 valence electrons. The van der Waals surface area contributed by atoms with Crippen LogP contribution in [0.25, 0.3) is 0 Å². The van der Waals surface area contributed by atoms with E-state index >= 15 is 0 Å². The van der Waals surface area contributed by atoms with Gasteiger partial charge in [0, 0.05) is 25.2 Å². The van der Waals surface area contributed by atoms with E-state index in [-0.39, 0.29) is 6.10 Å². The van der Waals surface area contributed by atoms with Gasteiger partial charge in [0.2, 0.25) is 0 Å². The molecule has 0 amide bonds. The van der Waals surface area contributed by atoms with E-state index in [4.69, 9.17) is 18.9 Å². The molecule has 0 unspecified atom stereocenters. The van der Waals surface area contributed by atoms with Gasteiger partial charge in [-0.15, -0.1) is 0 Å². The Morgan fingerprint density at radius 2 is 1.60 bits per heavy atom. The first-order valence-corrected chi connectivity index (χ1v) is 6.73. The molecule has 0 radical (unpaired) electrons. The van der Waals surface area contributed by atoms with Gasteiger partial charge in [0.1, 0.15) is 17.2 Å². The van der Waals surface area contributed by atoms with Crippen molar-refractivity contribution in [3.63, 3.8) is 0 Å². The van der Waals surface area contributed by atoms with Crippen LogP contribution in [0.2, 0.25) is 0 Å². The minimum atomic E-state index is 0.252. The standard InChI is InChI=1S/C15H25NO4/c1-11(2)20-7-6-16-10-13-14(18-4)8-12(17-3)9-15(13)19-5/h8-9,11,16H,6-7,10H2,1-5H3. The van der Waals surface area contributed by atoms with Gasteiger partial charge in [-0.05, 0) is 13.8 Å². The third-order valence-corrected chi connectivity index (χ3v) is 2.85. The molecule has 0 fully saturated rings. The first-order valence-electron chi connectivity index (χ1n) is 6.73. The minimum absolute atomic E-state index is 0.252. The molecule has 0 aliphatic carbocycles. The predicted octanol–water partition coefficient (Wildman–Crippen LogP) is 2.23. The van der Waals surface area contributed by atoms with Gasteiger partial charge in [-0.1, -0.05) is 0 Å². The number of rotatable bonds is 9. The van der Waals surface area contributed by atoms with Crippen LogP contribution in [-0.2, 0) is 11.3 Å². The van der Waals surface area contributed by atoms with Crippen molar-refractivity contribution in [1.29, 1.82) is 0 Å². The molecule has 5 nitrogen and oxygen atoms in total. The van der Waals surface area contributed by atoms with E-state index in [0.29, 0.717) is 18.9 Å². The van der Waals surface area contributed by atoms with Crippen LogP contribution in [0.5, 0.6) is 17.2 Å². The molecule has 0 saturated carbocycles. The van der Waals surface area contributed by atoms with Gasteiger partial charge in [-0.25, -0.2) is 0 Å². The zero-order chi connectivity index (χ0) is 15.0. The Morgan fingerprint density at radius 1 is 1.00 bits per heavy atom. The van der Waals surface area contributed by atoms with Gasteiger partial charge in [0.05, 0.1) is 39.6 Å². The second-order valence-corrected chi connectivity index (χ2v) is 4.61. The summed E-state index contributed by atoms with van der Waals surface area (Å²) in [5.74, 6) is 2.21. The predicted molar refractivity (Wildman–Crippen MR) is 78.9 cm³/mol. The zero-order valence-electron chi connectivity index (χ0n) is 13.0. The first kappa shape index (κ1) is 16.6. The van der Waals surface area contributed by atoms with Crippen molar-refractivity contribution in [3.8, 4) is 17.2 Å². The topological polar surface area (TPSA) is 49.0 Å². The molecular formula is C15H25NO4. The molecule has 0 aliphatic heterocycles. The minimum Gasteiger partial charge on any atom is -0.496 e. The summed E-state index contributed by atoms with van der Waals surface area (Å²) in [4.78, 5) is 0. The molecule has 0 aromatic heterocycles. The van der Waals surface area contributed by atoms with E-state index in [9.17, 15) is 0 Å². The average molecular weight is 283 g/mol. The molecule has 0 bridgehead atoms. The van der Waals surface area contributed by atoms with Crippen LogP contribution in [0.4, 0.5) is 0 Å². The maximum Gasteiger partial charge on any atom is 0.130 e. The van der Waals surface area contributed by atoms with Gasteiger partial charge in [-0.2, -0.15) is 0 Å². The SMILES string of the molecule is COc1cc(OC)c(CNCCOC(C)C)c(OC)c1. The second kappa shape index (κ2) is 8.66. The highest BCUT2D eigenvalue weighted by Crippen LogP contribution is 2.33. The van der Waals surface area contributed by atoms with Crippen molar-refractivity contribution in [2.75, 3.05) is 34.5 Å². The number of nitrogens with one attached hydrogen (secondary N) is 1. The molecule has 5 heteroatoms. The van der Waals surface area contributed by atoms with Crippen molar-refractivity contribution < 1.29 is 18.9 Å². The molecule has 0 heterocycles. The third kappa shape index (κ3) is 4.90. The molecular weight excluding hydrogens is 258 g/mol. The zero-order valence-corrected chi connectivity index (χ0v) is 13.0. The van der Waals surface area contributed by atoms with E-state index in [1.165, 1.54) is 0 Å². The van der Waals surface area contributed by atoms with Crippen LogP contribution >= 0.6 is 0 Å². The quantitative estimate of drug-likeness (QED) is 0.704. The van der Waals surface area contributed by atoms with Crippen LogP contribution in [0, 0.1) is 0 Å². The van der Waals surface area contributed by atoms with E-state index in [0.717, 1.165) is 23.6 Å². The Hall–Kier alpha value is -1.46. The van der Waals surface area contributed by atoms with E-state index in [1.807, 2.05) is 26.0 Å². The number of hydrogen-bond donors (Lipinski definition) is 1. The van der Waals surface area contributed by atoms with Crippen LogP contribution in [-0.4, -0.2) is 40.6 Å². The Kier molecular flexibility index (Phi) is 7.18. The molecule has 1 N–H and O–H groups in total. The second-order valence-electron chi connectivity index (χ2n) is 4.61. The van der Waals surface area contributed by atoms with E-state index in [1.54, 1.807) is 21.3 Å². The van der Waals surface area contributed by atoms with Crippen LogP contribution in [0.1, 0.15) is 19.4 Å². The Balaban J connectivity index is 2.67. The molecule has 20 heavy (non-hydrogen) atoms. The van der Waals surface area contributed by atoms with E-state index < -0.39 is 0 Å². The lowest BCUT2D eigenvalue weighted by Gasteiger charge is -2.16. The van der Waals surface area contributed by atoms with Crippen molar-refractivity contribution in [2.45, 2.75) is 26.5 Å². The summed E-state index contributed by atoms with van der Waals surface area (Å²) in [6.45, 7) is 6.15. The molecule has 1 aromatic carbocycles. The van der Waals surface area contributed by atoms with Crippen molar-refractivity contribution in [2.24, 2.45) is 0 Å². The molecule has 0 saturated heterocycles. The van der Waals surface area contributed by atoms with E-state index in [2.05, 4.69) is 5.32 Å². The number of ether oxygens (including phenoxy) is 4. The molecule has 0 aliphatic rings. The van der Waals surface area contributed by atoms with Gasteiger partial charge in [0.25, 0.3) is 0 Å². The third-order valence-electron chi connectivity index (χ3n) is 2.85. The average Bonchev–Trinajstić information content (AvgIpc) is 2.46. The summed E-state index contributed by atoms with van der Waals surface area (Å²) in [5.41, 5.74) is 0.973. The summed E-state index contributed by atoms with van der Waals surface area (Å²) < 4.78 is 21.5. The highest BCUT2D eigenvalue weighted by atomic mass is 16.5. The fourth-order valence-electron chi connectivity index (χ4n) is 1.83. The number of methoxy groups -OCH3 is 3. The van der Waals surface area contributed by atoms with Crippen LogP contribution < -0.4 is 19.5 Å². The summed E-state index contributed by atoms with van der Waals surface area (Å²) in [6.07, 6.45) is 0.252. The van der Waals surface area contributed by atoms with Gasteiger partial charge in [0.15, 0.2) is 0 Å². The summed E-state index contributed by atoms with van der Waals surface area (Å²) in [6, 6.07) is 3.70. The highest BCUT2D eigenvalue weighted by molar-refractivity contribution is 5.50. The van der Waals surface area contributed by atoms with Crippen molar-refractivity contribution in [1.82, 2.24) is 5.32 Å². The summed E-state index contributed by atoms with van der Waals surface area (Å²) in [7, 11) is 4.90. The van der Waals surface area contributed by atoms with Crippen molar-refractivity contribution >= 4 is 0 Å². The molecule has 0 atom stereocenters. The first-order chi connectivity index (χ1) is 9.62. The van der Waals surface area contributed by atoms with Crippen molar-refractivity contribution in [3.05, 3.63) is 17.7 Å². The Morgan fingerprint density at radius 3 is 2.05 bits per heavy atom. The number of hydrogen-bond acceptors (Lipinski definition) is 5. The van der Waals surface area contributed by atoms with Crippen LogP contribution in [0.3, 0.4) is 0 Å². The smallest absolute Gasteiger partial charge is 0.130 e. The lowest BCUT2D eigenvalue weighted by Crippen LogP contribution is -2.21. The molecule has 1 rings (SSSR count). The Labute approximate surface area is 121 Å². The summed E-state index contributed by atoms with van der Waals surface area (Å²) >= 11 is 0. The monoisotopic (exact) mass is 283 g/mol. The maximum absolute atomic E-state index is 5.48. The normalized spacial score (nSPS) is 10.7. The fourth-order valence-corrected chi connectivity index (χ4v) is 1.83. The lowest BCUT2D eigenvalue weighted by molar-refractivity contribution is 0.0806. The van der Waals surface area contributed by atoms with Gasteiger partial charge in [-0.3, -0.25) is 0 Å². The fraction of sp³-hybridized carbons (Fsp3) is 0.600. The lowest BCUT2D eigenvalue weighted by atomic mass is 10.1. The Bertz CT molecular complexity index is 382. The largest absolute Gasteiger partial charge is 0.496 e. The van der Waals surface area contributed by atoms with Crippen LogP contribution in [0.15, 0.2) is 12.1 Å². The number of benzene rings is 1. The molecule has 0 spiro atoms.